The van der Waals surface area contributed by atoms with Gasteiger partial charge in [-0.2, -0.15) is 0 Å². The zero-order valence-corrected chi connectivity index (χ0v) is 21.1. The van der Waals surface area contributed by atoms with Crippen LogP contribution in [0.4, 0.5) is 0 Å². The third kappa shape index (κ3) is 4.99. The molecule has 1 aliphatic carbocycles. The Balaban J connectivity index is 1.25. The fourth-order valence-corrected chi connectivity index (χ4v) is 4.99. The molecule has 4 nitrogen and oxygen atoms in total. The first-order valence-corrected chi connectivity index (χ1v) is 13.0. The van der Waals surface area contributed by atoms with Crippen molar-refractivity contribution >= 4 is 5.97 Å². The third-order valence-electron chi connectivity index (χ3n) is 7.30. The molecule has 0 saturated heterocycles. The summed E-state index contributed by atoms with van der Waals surface area (Å²) >= 11 is 0. The Morgan fingerprint density at radius 3 is 2.11 bits per heavy atom. The lowest BCUT2D eigenvalue weighted by Crippen LogP contribution is -2.23. The van der Waals surface area contributed by atoms with Crippen LogP contribution in [0.1, 0.15) is 55.0 Å². The number of aromatic nitrogens is 1. The molecular weight excluding hydrogens is 446 g/mol. The van der Waals surface area contributed by atoms with E-state index in [1.807, 2.05) is 13.8 Å². The van der Waals surface area contributed by atoms with Crippen molar-refractivity contribution in [2.45, 2.75) is 57.8 Å². The molecule has 1 aromatic heterocycles. The maximum atomic E-state index is 12.4. The van der Waals surface area contributed by atoms with Crippen LogP contribution in [0.5, 0.6) is 0 Å². The number of ether oxygens (including phenoxy) is 1. The molecule has 0 unspecified atom stereocenters. The van der Waals surface area contributed by atoms with Gasteiger partial charge in [0.25, 0.3) is 0 Å². The number of nitrogens with zero attached hydrogens (tertiary/aromatic N) is 1. The van der Waals surface area contributed by atoms with Crippen molar-refractivity contribution < 1.29 is 14.1 Å². The summed E-state index contributed by atoms with van der Waals surface area (Å²) in [6.45, 7) is 4.30. The van der Waals surface area contributed by atoms with Crippen molar-refractivity contribution in [2.24, 2.45) is 0 Å². The third-order valence-corrected chi connectivity index (χ3v) is 7.30. The molecule has 0 amide bonds. The van der Waals surface area contributed by atoms with Gasteiger partial charge < -0.3 is 9.26 Å². The van der Waals surface area contributed by atoms with E-state index < -0.39 is 5.41 Å². The summed E-state index contributed by atoms with van der Waals surface area (Å²) in [5, 5.41) is 4.26. The summed E-state index contributed by atoms with van der Waals surface area (Å²) in [5.74, 6) is 0.777. The molecule has 4 aromatic rings. The number of esters is 1. The van der Waals surface area contributed by atoms with Gasteiger partial charge in [0.05, 0.1) is 17.7 Å². The van der Waals surface area contributed by atoms with Gasteiger partial charge in [-0.1, -0.05) is 84.0 Å². The fourth-order valence-electron chi connectivity index (χ4n) is 4.99. The number of carbonyl (C=O) groups is 1. The molecule has 3 aromatic carbocycles. The minimum atomic E-state index is -0.431. The lowest BCUT2D eigenvalue weighted by atomic mass is 9.93. The van der Waals surface area contributed by atoms with Crippen LogP contribution in [0.3, 0.4) is 0 Å². The molecule has 1 aliphatic rings. The molecule has 0 spiro atoms. The predicted octanol–water partition coefficient (Wildman–Crippen LogP) is 7.48. The van der Waals surface area contributed by atoms with Crippen LogP contribution < -0.4 is 0 Å². The maximum Gasteiger partial charge on any atom is 0.316 e. The summed E-state index contributed by atoms with van der Waals surface area (Å²) in [6.07, 6.45) is 6.02. The van der Waals surface area contributed by atoms with Crippen LogP contribution in [0.25, 0.3) is 22.5 Å². The van der Waals surface area contributed by atoms with E-state index in [1.54, 1.807) is 0 Å². The molecule has 1 fully saturated rings. The highest BCUT2D eigenvalue weighted by Crippen LogP contribution is 2.49. The van der Waals surface area contributed by atoms with E-state index in [1.165, 1.54) is 11.1 Å². The molecule has 0 radical (unpaired) electrons. The number of benzene rings is 3. The normalized spacial score (nSPS) is 13.9. The molecule has 0 bridgehead atoms. The van der Waals surface area contributed by atoms with Gasteiger partial charge in [-0.25, -0.2) is 0 Å². The van der Waals surface area contributed by atoms with Gasteiger partial charge in [0.15, 0.2) is 5.76 Å². The summed E-state index contributed by atoms with van der Waals surface area (Å²) in [4.78, 5) is 12.4. The number of aryl methyl sites for hydroxylation is 2. The number of unbranched alkanes of at least 4 members (excludes halogenated alkanes) is 1. The van der Waals surface area contributed by atoms with Gasteiger partial charge in [-0.3, -0.25) is 4.79 Å². The molecule has 184 valence electrons. The smallest absolute Gasteiger partial charge is 0.316 e. The Labute approximate surface area is 213 Å². The van der Waals surface area contributed by atoms with Crippen molar-refractivity contribution in [2.75, 3.05) is 6.61 Å². The second-order valence-corrected chi connectivity index (χ2v) is 9.73. The van der Waals surface area contributed by atoms with E-state index in [0.29, 0.717) is 6.61 Å². The molecule has 36 heavy (non-hydrogen) atoms. The Morgan fingerprint density at radius 1 is 0.861 bits per heavy atom. The summed E-state index contributed by atoms with van der Waals surface area (Å²) < 4.78 is 11.1. The van der Waals surface area contributed by atoms with Crippen LogP contribution in [0.2, 0.25) is 0 Å². The van der Waals surface area contributed by atoms with E-state index in [9.17, 15) is 4.79 Å². The highest BCUT2D eigenvalue weighted by molar-refractivity contribution is 5.87. The van der Waals surface area contributed by atoms with Crippen molar-refractivity contribution in [3.63, 3.8) is 0 Å². The van der Waals surface area contributed by atoms with Gasteiger partial charge in [0, 0.05) is 11.1 Å². The zero-order chi connectivity index (χ0) is 25.0. The topological polar surface area (TPSA) is 52.3 Å². The summed E-state index contributed by atoms with van der Waals surface area (Å²) in [7, 11) is 0. The summed E-state index contributed by atoms with van der Waals surface area (Å²) in [5.41, 5.74) is 7.49. The average molecular weight is 480 g/mol. The van der Waals surface area contributed by atoms with Crippen LogP contribution in [0, 0.1) is 6.92 Å². The van der Waals surface area contributed by atoms with E-state index in [-0.39, 0.29) is 5.97 Å². The van der Waals surface area contributed by atoms with Gasteiger partial charge in [0.2, 0.25) is 0 Å². The minimum Gasteiger partial charge on any atom is -0.465 e. The number of rotatable bonds is 10. The van der Waals surface area contributed by atoms with Crippen LogP contribution >= 0.6 is 0 Å². The first kappa shape index (κ1) is 24.1. The second-order valence-electron chi connectivity index (χ2n) is 9.73. The fraction of sp³-hybridized carbons (Fsp3) is 0.312. The predicted molar refractivity (Wildman–Crippen MR) is 143 cm³/mol. The minimum absolute atomic E-state index is 0.0969. The maximum absolute atomic E-state index is 12.4. The lowest BCUT2D eigenvalue weighted by Gasteiger charge is -2.14. The Bertz CT molecular complexity index is 1300. The van der Waals surface area contributed by atoms with E-state index >= 15 is 0 Å². The molecule has 1 saturated carbocycles. The zero-order valence-electron chi connectivity index (χ0n) is 21.1. The number of carbonyl (C=O) groups excluding carboxylic acids is 1. The number of hydrogen-bond donors (Lipinski definition) is 0. The molecule has 0 N–H and O–H groups in total. The van der Waals surface area contributed by atoms with E-state index in [2.05, 4.69) is 84.0 Å². The van der Waals surface area contributed by atoms with Crippen LogP contribution in [-0.2, 0) is 27.8 Å². The Morgan fingerprint density at radius 2 is 1.47 bits per heavy atom. The SMILES string of the molecule is CCOC(=O)C1(c2ccc(-c3ccc(-c4onc(C)c4CCCCc4ccccc4)cc3)cc2)CC1. The highest BCUT2D eigenvalue weighted by atomic mass is 16.5. The van der Waals surface area contributed by atoms with Crippen LogP contribution in [-0.4, -0.2) is 17.7 Å². The molecule has 5 rings (SSSR count). The largest absolute Gasteiger partial charge is 0.465 e. The monoisotopic (exact) mass is 479 g/mol. The van der Waals surface area contributed by atoms with Gasteiger partial charge in [-0.15, -0.1) is 0 Å². The molecule has 4 heteroatoms. The van der Waals surface area contributed by atoms with Crippen molar-refractivity contribution in [3.05, 3.63) is 101 Å². The first-order chi connectivity index (χ1) is 17.6. The summed E-state index contributed by atoms with van der Waals surface area (Å²) in [6, 6.07) is 27.4. The Kier molecular flexibility index (Phi) is 7.04. The van der Waals surface area contributed by atoms with Crippen molar-refractivity contribution in [3.8, 4) is 22.5 Å². The lowest BCUT2D eigenvalue weighted by molar-refractivity contribution is -0.146. The van der Waals surface area contributed by atoms with E-state index in [0.717, 1.165) is 72.2 Å². The Hall–Kier alpha value is -3.66. The van der Waals surface area contributed by atoms with E-state index in [4.69, 9.17) is 9.26 Å². The molecule has 0 atom stereocenters. The second kappa shape index (κ2) is 10.5. The average Bonchev–Trinajstić information content (AvgIpc) is 3.66. The van der Waals surface area contributed by atoms with Crippen LogP contribution in [0.15, 0.2) is 83.4 Å². The standard InChI is InChI=1S/C32H33NO3/c1-3-35-31(34)32(21-22-32)28-19-17-26(18-20-28)25-13-15-27(16-14-25)30-29(23(2)33-36-30)12-8-7-11-24-9-5-4-6-10-24/h4-6,9-10,13-20H,3,7-8,11-12,21-22H2,1-2H3. The van der Waals surface area contributed by atoms with Crippen molar-refractivity contribution in [1.29, 1.82) is 0 Å². The van der Waals surface area contributed by atoms with Crippen molar-refractivity contribution in [1.82, 2.24) is 5.16 Å². The quantitative estimate of drug-likeness (QED) is 0.175. The highest BCUT2D eigenvalue weighted by Gasteiger charge is 2.52. The van der Waals surface area contributed by atoms with Gasteiger partial charge in [0.1, 0.15) is 0 Å². The molecule has 1 heterocycles. The first-order valence-electron chi connectivity index (χ1n) is 13.0. The molecular formula is C32H33NO3. The van der Waals surface area contributed by atoms with Gasteiger partial charge >= 0.3 is 5.97 Å². The number of hydrogen-bond acceptors (Lipinski definition) is 4. The molecule has 0 aliphatic heterocycles. The van der Waals surface area contributed by atoms with Gasteiger partial charge in [-0.05, 0) is 74.6 Å².